The van der Waals surface area contributed by atoms with Gasteiger partial charge in [0.2, 0.25) is 5.91 Å². The Morgan fingerprint density at radius 2 is 2.10 bits per heavy atom. The van der Waals surface area contributed by atoms with Crippen molar-refractivity contribution in [3.8, 4) is 0 Å². The molecule has 1 amide bonds. The molecule has 0 radical (unpaired) electrons. The maximum Gasteiger partial charge on any atom is 0.223 e. The first-order chi connectivity index (χ1) is 9.74. The van der Waals surface area contributed by atoms with Crippen LogP contribution in [0.3, 0.4) is 0 Å². The molecule has 1 saturated carbocycles. The summed E-state index contributed by atoms with van der Waals surface area (Å²) in [5.74, 6) is 1.36. The zero-order valence-corrected chi connectivity index (χ0v) is 11.6. The molecule has 0 unspecified atom stereocenters. The number of aromatic nitrogens is 1. The lowest BCUT2D eigenvalue weighted by molar-refractivity contribution is -0.122. The van der Waals surface area contributed by atoms with Gasteiger partial charge in [0.05, 0.1) is 5.52 Å². The van der Waals surface area contributed by atoms with Crippen LogP contribution in [-0.4, -0.2) is 24.0 Å². The first-order valence-electron chi connectivity index (χ1n) is 7.12. The van der Waals surface area contributed by atoms with Gasteiger partial charge in [-0.25, -0.2) is 4.98 Å². The number of para-hydroxylation sites is 1. The van der Waals surface area contributed by atoms with Crippen LogP contribution in [0.5, 0.6) is 0 Å². The van der Waals surface area contributed by atoms with Gasteiger partial charge in [0.25, 0.3) is 0 Å². The number of nitrogens with zero attached hydrogens (tertiary/aromatic N) is 1. The molecule has 0 bridgehead atoms. The van der Waals surface area contributed by atoms with Gasteiger partial charge in [0.15, 0.2) is 0 Å². The van der Waals surface area contributed by atoms with Gasteiger partial charge < -0.3 is 10.6 Å². The highest BCUT2D eigenvalue weighted by molar-refractivity contribution is 5.82. The SMILES string of the molecule is Cc1cc2ccccc2nc1NCCNC(=O)C1CC1. The molecule has 0 saturated heterocycles. The number of amides is 1. The molecule has 1 aromatic heterocycles. The van der Waals surface area contributed by atoms with Crippen LogP contribution >= 0.6 is 0 Å². The van der Waals surface area contributed by atoms with Crippen molar-refractivity contribution < 1.29 is 4.79 Å². The lowest BCUT2D eigenvalue weighted by Crippen LogP contribution is -2.30. The molecular formula is C16H19N3O. The van der Waals surface area contributed by atoms with E-state index < -0.39 is 0 Å². The van der Waals surface area contributed by atoms with Crippen molar-refractivity contribution in [1.82, 2.24) is 10.3 Å². The highest BCUT2D eigenvalue weighted by Crippen LogP contribution is 2.28. The maximum absolute atomic E-state index is 11.5. The van der Waals surface area contributed by atoms with E-state index in [1.54, 1.807) is 0 Å². The number of anilines is 1. The predicted octanol–water partition coefficient (Wildman–Crippen LogP) is 2.48. The first kappa shape index (κ1) is 12.9. The average Bonchev–Trinajstić information content (AvgIpc) is 3.28. The van der Waals surface area contributed by atoms with Gasteiger partial charge in [-0.2, -0.15) is 0 Å². The van der Waals surface area contributed by atoms with E-state index in [2.05, 4.69) is 27.8 Å². The van der Waals surface area contributed by atoms with E-state index in [0.29, 0.717) is 13.1 Å². The number of rotatable bonds is 5. The number of aryl methyl sites for hydroxylation is 1. The fourth-order valence-electron chi connectivity index (χ4n) is 2.26. The van der Waals surface area contributed by atoms with Gasteiger partial charge in [-0.05, 0) is 37.5 Å². The van der Waals surface area contributed by atoms with E-state index in [1.165, 1.54) is 0 Å². The monoisotopic (exact) mass is 269 g/mol. The topological polar surface area (TPSA) is 54.0 Å². The van der Waals surface area contributed by atoms with Gasteiger partial charge in [-0.15, -0.1) is 0 Å². The molecule has 1 fully saturated rings. The lowest BCUT2D eigenvalue weighted by atomic mass is 10.1. The second-order valence-electron chi connectivity index (χ2n) is 5.34. The molecular weight excluding hydrogens is 250 g/mol. The van der Waals surface area contributed by atoms with E-state index in [9.17, 15) is 4.79 Å². The molecule has 20 heavy (non-hydrogen) atoms. The van der Waals surface area contributed by atoms with Crippen molar-refractivity contribution in [2.75, 3.05) is 18.4 Å². The van der Waals surface area contributed by atoms with E-state index in [1.807, 2.05) is 25.1 Å². The van der Waals surface area contributed by atoms with E-state index in [4.69, 9.17) is 0 Å². The Kier molecular flexibility index (Phi) is 3.54. The molecule has 2 aromatic rings. The van der Waals surface area contributed by atoms with Crippen molar-refractivity contribution in [3.05, 3.63) is 35.9 Å². The van der Waals surface area contributed by atoms with Crippen molar-refractivity contribution in [2.24, 2.45) is 5.92 Å². The largest absolute Gasteiger partial charge is 0.368 e. The number of fused-ring (bicyclic) bond motifs is 1. The molecule has 1 heterocycles. The molecule has 0 atom stereocenters. The summed E-state index contributed by atoms with van der Waals surface area (Å²) in [5, 5.41) is 7.39. The van der Waals surface area contributed by atoms with Gasteiger partial charge >= 0.3 is 0 Å². The number of hydrogen-bond donors (Lipinski definition) is 2. The number of hydrogen-bond acceptors (Lipinski definition) is 3. The third-order valence-electron chi connectivity index (χ3n) is 3.58. The summed E-state index contributed by atoms with van der Waals surface area (Å²) in [6.07, 6.45) is 2.09. The lowest BCUT2D eigenvalue weighted by Gasteiger charge is -2.10. The summed E-state index contributed by atoms with van der Waals surface area (Å²) < 4.78 is 0. The summed E-state index contributed by atoms with van der Waals surface area (Å²) in [6, 6.07) is 10.2. The van der Waals surface area contributed by atoms with Gasteiger partial charge in [-0.1, -0.05) is 18.2 Å². The molecule has 0 aliphatic heterocycles. The second kappa shape index (κ2) is 5.49. The number of carbonyl (C=O) groups is 1. The van der Waals surface area contributed by atoms with Gasteiger partial charge in [0.1, 0.15) is 5.82 Å². The number of pyridine rings is 1. The highest BCUT2D eigenvalue weighted by Gasteiger charge is 2.28. The second-order valence-corrected chi connectivity index (χ2v) is 5.34. The summed E-state index contributed by atoms with van der Waals surface area (Å²) in [6.45, 7) is 3.39. The molecule has 1 aliphatic carbocycles. The third kappa shape index (κ3) is 2.90. The molecule has 1 aromatic carbocycles. The molecule has 4 heteroatoms. The molecule has 3 rings (SSSR count). The molecule has 2 N–H and O–H groups in total. The van der Waals surface area contributed by atoms with E-state index in [-0.39, 0.29) is 11.8 Å². The maximum atomic E-state index is 11.5. The first-order valence-corrected chi connectivity index (χ1v) is 7.12. The van der Waals surface area contributed by atoms with Crippen LogP contribution in [0.15, 0.2) is 30.3 Å². The van der Waals surface area contributed by atoms with Crippen LogP contribution in [0.1, 0.15) is 18.4 Å². The molecule has 1 aliphatic rings. The predicted molar refractivity (Wildman–Crippen MR) is 80.7 cm³/mol. The molecule has 0 spiro atoms. The van der Waals surface area contributed by atoms with Gasteiger partial charge in [0, 0.05) is 24.4 Å². The van der Waals surface area contributed by atoms with E-state index in [0.717, 1.165) is 35.1 Å². The number of nitrogens with one attached hydrogen (secondary N) is 2. The smallest absolute Gasteiger partial charge is 0.223 e. The minimum Gasteiger partial charge on any atom is -0.368 e. The van der Waals surface area contributed by atoms with Crippen molar-refractivity contribution in [2.45, 2.75) is 19.8 Å². The van der Waals surface area contributed by atoms with E-state index >= 15 is 0 Å². The van der Waals surface area contributed by atoms with Crippen molar-refractivity contribution >= 4 is 22.6 Å². The summed E-state index contributed by atoms with van der Waals surface area (Å²) in [7, 11) is 0. The Bertz CT molecular complexity index is 635. The van der Waals surface area contributed by atoms with Gasteiger partial charge in [-0.3, -0.25) is 4.79 Å². The van der Waals surface area contributed by atoms with Crippen LogP contribution in [0, 0.1) is 12.8 Å². The van der Waals surface area contributed by atoms with Crippen LogP contribution in [0.2, 0.25) is 0 Å². The van der Waals surface area contributed by atoms with Crippen LogP contribution in [-0.2, 0) is 4.79 Å². The number of benzene rings is 1. The normalized spacial score (nSPS) is 14.2. The fraction of sp³-hybridized carbons (Fsp3) is 0.375. The fourth-order valence-corrected chi connectivity index (χ4v) is 2.26. The average molecular weight is 269 g/mol. The van der Waals surface area contributed by atoms with Crippen molar-refractivity contribution in [3.63, 3.8) is 0 Å². The number of carbonyl (C=O) groups excluding carboxylic acids is 1. The standard InChI is InChI=1S/C16H19N3O/c1-11-10-13-4-2-3-5-14(13)19-15(11)17-8-9-18-16(20)12-6-7-12/h2-5,10,12H,6-9H2,1H3,(H,17,19)(H,18,20). The molecule has 4 nitrogen and oxygen atoms in total. The third-order valence-corrected chi connectivity index (χ3v) is 3.58. The summed E-state index contributed by atoms with van der Waals surface area (Å²) >= 11 is 0. The van der Waals surface area contributed by atoms with Crippen molar-refractivity contribution in [1.29, 1.82) is 0 Å². The Morgan fingerprint density at radius 1 is 1.30 bits per heavy atom. The summed E-state index contributed by atoms with van der Waals surface area (Å²) in [5.41, 5.74) is 2.11. The van der Waals surface area contributed by atoms with Crippen LogP contribution in [0.25, 0.3) is 10.9 Å². The minimum atomic E-state index is 0.190. The Labute approximate surface area is 118 Å². The Hall–Kier alpha value is -2.10. The Balaban J connectivity index is 1.59. The Morgan fingerprint density at radius 3 is 2.90 bits per heavy atom. The zero-order chi connectivity index (χ0) is 13.9. The highest BCUT2D eigenvalue weighted by atomic mass is 16.2. The molecule has 104 valence electrons. The van der Waals surface area contributed by atoms with Crippen LogP contribution in [0.4, 0.5) is 5.82 Å². The van der Waals surface area contributed by atoms with Crippen LogP contribution < -0.4 is 10.6 Å². The quantitative estimate of drug-likeness (QED) is 0.820. The summed E-state index contributed by atoms with van der Waals surface area (Å²) in [4.78, 5) is 16.1. The minimum absolute atomic E-state index is 0.190. The zero-order valence-electron chi connectivity index (χ0n) is 11.6.